The molecule has 0 radical (unpaired) electrons. The van der Waals surface area contributed by atoms with Crippen LogP contribution in [0.25, 0.3) is 0 Å². The molecule has 0 spiro atoms. The molecule has 0 saturated heterocycles. The van der Waals surface area contributed by atoms with Gasteiger partial charge in [-0.1, -0.05) is 40.8 Å². The van der Waals surface area contributed by atoms with Crippen LogP contribution in [0.3, 0.4) is 0 Å². The van der Waals surface area contributed by atoms with E-state index >= 15 is 0 Å². The molecule has 0 fully saturated rings. The maximum atomic E-state index is 9.15. The van der Waals surface area contributed by atoms with Gasteiger partial charge in [0.05, 0.1) is 6.61 Å². The smallest absolute Gasteiger partial charge is 0.178 e. The fourth-order valence-electron chi connectivity index (χ4n) is 1.06. The SMILES string of the molecule is OCc1ccc(Cl)cc1Sc1nncs1. The molecule has 2 rings (SSSR count). The van der Waals surface area contributed by atoms with Gasteiger partial charge in [-0.2, -0.15) is 0 Å². The van der Waals surface area contributed by atoms with Crippen molar-refractivity contribution in [1.29, 1.82) is 0 Å². The number of aliphatic hydroxyl groups excluding tert-OH is 1. The van der Waals surface area contributed by atoms with Crippen molar-refractivity contribution in [2.75, 3.05) is 0 Å². The van der Waals surface area contributed by atoms with Crippen LogP contribution < -0.4 is 0 Å². The summed E-state index contributed by atoms with van der Waals surface area (Å²) in [5.41, 5.74) is 2.52. The normalized spacial score (nSPS) is 10.5. The molecule has 0 unspecified atom stereocenters. The van der Waals surface area contributed by atoms with Crippen molar-refractivity contribution in [3.8, 4) is 0 Å². The molecule has 0 saturated carbocycles. The first kappa shape index (κ1) is 10.9. The summed E-state index contributed by atoms with van der Waals surface area (Å²) in [6, 6.07) is 5.39. The van der Waals surface area contributed by atoms with Crippen LogP contribution in [-0.4, -0.2) is 15.3 Å². The molecule has 1 heterocycles. The number of aromatic nitrogens is 2. The van der Waals surface area contributed by atoms with Gasteiger partial charge in [-0.15, -0.1) is 10.2 Å². The van der Waals surface area contributed by atoms with Crippen LogP contribution in [0.15, 0.2) is 32.9 Å². The number of hydrogen-bond donors (Lipinski definition) is 1. The first-order valence-electron chi connectivity index (χ1n) is 4.13. The van der Waals surface area contributed by atoms with Crippen LogP contribution in [-0.2, 0) is 6.61 Å². The molecule has 0 atom stereocenters. The second kappa shape index (κ2) is 4.94. The zero-order chi connectivity index (χ0) is 10.7. The van der Waals surface area contributed by atoms with Crippen LogP contribution in [0.5, 0.6) is 0 Å². The number of aliphatic hydroxyl groups is 1. The van der Waals surface area contributed by atoms with Crippen molar-refractivity contribution in [3.63, 3.8) is 0 Å². The Hall–Kier alpha value is -0.620. The quantitative estimate of drug-likeness (QED) is 0.920. The standard InChI is InChI=1S/C9H7ClN2OS2/c10-7-2-1-6(4-13)8(3-7)15-9-12-11-5-14-9/h1-3,5,13H,4H2. The Labute approximate surface area is 100 Å². The summed E-state index contributed by atoms with van der Waals surface area (Å²) in [5.74, 6) is 0. The summed E-state index contributed by atoms with van der Waals surface area (Å²) in [6.45, 7) is -0.00168. The van der Waals surface area contributed by atoms with Crippen LogP contribution in [0.1, 0.15) is 5.56 Å². The van der Waals surface area contributed by atoms with Gasteiger partial charge in [-0.3, -0.25) is 0 Å². The van der Waals surface area contributed by atoms with E-state index in [0.29, 0.717) is 5.02 Å². The van der Waals surface area contributed by atoms with Gasteiger partial charge in [0.2, 0.25) is 0 Å². The van der Waals surface area contributed by atoms with Crippen molar-refractivity contribution in [1.82, 2.24) is 10.2 Å². The maximum absolute atomic E-state index is 9.15. The second-order valence-electron chi connectivity index (χ2n) is 2.72. The molecular weight excluding hydrogens is 252 g/mol. The minimum Gasteiger partial charge on any atom is -0.392 e. The summed E-state index contributed by atoms with van der Waals surface area (Å²) in [5, 5.41) is 17.5. The van der Waals surface area contributed by atoms with Gasteiger partial charge in [0.25, 0.3) is 0 Å². The van der Waals surface area contributed by atoms with Crippen molar-refractivity contribution in [2.45, 2.75) is 15.8 Å². The predicted octanol–water partition coefficient (Wildman–Crippen LogP) is 2.84. The number of halogens is 1. The average molecular weight is 259 g/mol. The van der Waals surface area contributed by atoms with Gasteiger partial charge in [0, 0.05) is 9.92 Å². The number of benzene rings is 1. The summed E-state index contributed by atoms with van der Waals surface area (Å²) >= 11 is 8.81. The van der Waals surface area contributed by atoms with Crippen molar-refractivity contribution in [2.24, 2.45) is 0 Å². The highest BCUT2D eigenvalue weighted by atomic mass is 35.5. The topological polar surface area (TPSA) is 46.0 Å². The Morgan fingerprint density at radius 3 is 3.00 bits per heavy atom. The van der Waals surface area contributed by atoms with E-state index in [0.717, 1.165) is 14.8 Å². The van der Waals surface area contributed by atoms with Gasteiger partial charge in [-0.25, -0.2) is 0 Å². The minimum atomic E-state index is -0.00168. The summed E-state index contributed by atoms with van der Waals surface area (Å²) < 4.78 is 0.840. The van der Waals surface area contributed by atoms with Gasteiger partial charge in [-0.05, 0) is 17.7 Å². The van der Waals surface area contributed by atoms with Crippen molar-refractivity contribution >= 4 is 34.7 Å². The van der Waals surface area contributed by atoms with Crippen molar-refractivity contribution < 1.29 is 5.11 Å². The summed E-state index contributed by atoms with van der Waals surface area (Å²) in [7, 11) is 0. The van der Waals surface area contributed by atoms with E-state index in [-0.39, 0.29) is 6.61 Å². The first-order chi connectivity index (χ1) is 7.29. The average Bonchev–Trinajstić information content (AvgIpc) is 2.71. The number of hydrogen-bond acceptors (Lipinski definition) is 5. The van der Waals surface area contributed by atoms with E-state index in [2.05, 4.69) is 10.2 Å². The third-order valence-corrected chi connectivity index (χ3v) is 3.85. The predicted molar refractivity (Wildman–Crippen MR) is 61.4 cm³/mol. The molecule has 15 heavy (non-hydrogen) atoms. The molecule has 6 heteroatoms. The van der Waals surface area contributed by atoms with Gasteiger partial charge in [0.15, 0.2) is 4.34 Å². The van der Waals surface area contributed by atoms with E-state index < -0.39 is 0 Å². The highest BCUT2D eigenvalue weighted by molar-refractivity contribution is 8.01. The fraction of sp³-hybridized carbons (Fsp3) is 0.111. The van der Waals surface area contributed by atoms with E-state index in [4.69, 9.17) is 16.7 Å². The third kappa shape index (κ3) is 2.69. The lowest BCUT2D eigenvalue weighted by molar-refractivity contribution is 0.279. The van der Waals surface area contributed by atoms with E-state index in [1.165, 1.54) is 23.1 Å². The zero-order valence-electron chi connectivity index (χ0n) is 7.55. The molecule has 78 valence electrons. The molecule has 1 aromatic heterocycles. The number of nitrogens with zero attached hydrogens (tertiary/aromatic N) is 2. The van der Waals surface area contributed by atoms with E-state index in [9.17, 15) is 0 Å². The molecule has 3 nitrogen and oxygen atoms in total. The number of rotatable bonds is 3. The summed E-state index contributed by atoms with van der Waals surface area (Å²) in [4.78, 5) is 0.918. The molecular formula is C9H7ClN2OS2. The van der Waals surface area contributed by atoms with E-state index in [1.54, 1.807) is 11.6 Å². The minimum absolute atomic E-state index is 0.00168. The lowest BCUT2D eigenvalue weighted by atomic mass is 10.2. The van der Waals surface area contributed by atoms with Gasteiger partial charge in [0.1, 0.15) is 5.51 Å². The molecule has 1 N–H and O–H groups in total. The van der Waals surface area contributed by atoms with Crippen LogP contribution in [0.4, 0.5) is 0 Å². The Morgan fingerprint density at radius 2 is 2.33 bits per heavy atom. The lowest BCUT2D eigenvalue weighted by Gasteiger charge is -2.04. The Balaban J connectivity index is 2.30. The van der Waals surface area contributed by atoms with Crippen LogP contribution >= 0.6 is 34.7 Å². The molecule has 0 aliphatic rings. The summed E-state index contributed by atoms with van der Waals surface area (Å²) in [6.07, 6.45) is 0. The molecule has 2 aromatic rings. The largest absolute Gasteiger partial charge is 0.392 e. The first-order valence-corrected chi connectivity index (χ1v) is 6.20. The lowest BCUT2D eigenvalue weighted by Crippen LogP contribution is -1.87. The molecule has 0 aliphatic heterocycles. The Morgan fingerprint density at radius 1 is 1.47 bits per heavy atom. The maximum Gasteiger partial charge on any atom is 0.178 e. The fourth-order valence-corrected chi connectivity index (χ4v) is 2.89. The highest BCUT2D eigenvalue weighted by Gasteiger charge is 2.06. The zero-order valence-corrected chi connectivity index (χ0v) is 9.94. The highest BCUT2D eigenvalue weighted by Crippen LogP contribution is 2.32. The monoisotopic (exact) mass is 258 g/mol. The van der Waals surface area contributed by atoms with E-state index in [1.807, 2.05) is 12.1 Å². The van der Waals surface area contributed by atoms with Crippen LogP contribution in [0.2, 0.25) is 5.02 Å². The Kier molecular flexibility index (Phi) is 3.58. The molecule has 0 bridgehead atoms. The van der Waals surface area contributed by atoms with Gasteiger partial charge < -0.3 is 5.11 Å². The molecule has 0 amide bonds. The molecule has 1 aromatic carbocycles. The van der Waals surface area contributed by atoms with Gasteiger partial charge >= 0.3 is 0 Å². The van der Waals surface area contributed by atoms with Crippen LogP contribution in [0, 0.1) is 0 Å². The third-order valence-electron chi connectivity index (χ3n) is 1.74. The molecule has 0 aliphatic carbocycles. The Bertz CT molecular complexity index is 447. The second-order valence-corrected chi connectivity index (χ2v) is 5.28. The van der Waals surface area contributed by atoms with Crippen molar-refractivity contribution in [3.05, 3.63) is 34.3 Å².